The molecule has 2 amide bonds. The van der Waals surface area contributed by atoms with Gasteiger partial charge in [-0.25, -0.2) is 0 Å². The minimum absolute atomic E-state index is 0.0619. The molecule has 1 aromatic carbocycles. The maximum absolute atomic E-state index is 13.0. The Morgan fingerprint density at radius 2 is 1.72 bits per heavy atom. The number of carbonyl (C=O) groups excluding carboxylic acids is 2. The molecule has 0 atom stereocenters. The minimum Gasteiger partial charge on any atom is -0.356 e. The quantitative estimate of drug-likeness (QED) is 0.790. The van der Waals surface area contributed by atoms with E-state index in [0.717, 1.165) is 6.07 Å². The van der Waals surface area contributed by atoms with Gasteiger partial charge in [-0.3, -0.25) is 9.59 Å². The predicted molar refractivity (Wildman–Crippen MR) is 89.6 cm³/mol. The van der Waals surface area contributed by atoms with Crippen molar-refractivity contribution in [2.24, 2.45) is 5.41 Å². The SMILES string of the molecule is CN(Cc1ccccc1C(F)(F)F)C(=O)CCCNC(=O)C(C)(C)C. The van der Waals surface area contributed by atoms with Gasteiger partial charge in [0.2, 0.25) is 11.8 Å². The van der Waals surface area contributed by atoms with Crippen LogP contribution in [-0.4, -0.2) is 30.3 Å². The highest BCUT2D eigenvalue weighted by atomic mass is 19.4. The molecule has 0 aliphatic rings. The Labute approximate surface area is 146 Å². The molecule has 7 heteroatoms. The van der Waals surface area contributed by atoms with E-state index >= 15 is 0 Å². The summed E-state index contributed by atoms with van der Waals surface area (Å²) in [7, 11) is 1.48. The van der Waals surface area contributed by atoms with Crippen LogP contribution in [0.3, 0.4) is 0 Å². The van der Waals surface area contributed by atoms with Gasteiger partial charge in [-0.2, -0.15) is 13.2 Å². The van der Waals surface area contributed by atoms with E-state index in [0.29, 0.717) is 13.0 Å². The Hall–Kier alpha value is -2.05. The molecule has 0 bridgehead atoms. The molecular weight excluding hydrogens is 333 g/mol. The third kappa shape index (κ3) is 6.76. The van der Waals surface area contributed by atoms with E-state index in [-0.39, 0.29) is 30.3 Å². The van der Waals surface area contributed by atoms with Gasteiger partial charge in [0.25, 0.3) is 0 Å². The molecule has 0 aliphatic heterocycles. The Balaban J connectivity index is 2.52. The van der Waals surface area contributed by atoms with Crippen LogP contribution in [0, 0.1) is 5.41 Å². The molecule has 1 aromatic rings. The van der Waals surface area contributed by atoms with Crippen LogP contribution < -0.4 is 5.32 Å². The molecule has 0 spiro atoms. The van der Waals surface area contributed by atoms with Crippen LogP contribution in [0.5, 0.6) is 0 Å². The van der Waals surface area contributed by atoms with Crippen molar-refractivity contribution in [1.29, 1.82) is 0 Å². The van der Waals surface area contributed by atoms with Gasteiger partial charge >= 0.3 is 6.18 Å². The molecule has 1 rings (SSSR count). The van der Waals surface area contributed by atoms with Crippen LogP contribution in [0.15, 0.2) is 24.3 Å². The fourth-order valence-corrected chi connectivity index (χ4v) is 2.18. The maximum atomic E-state index is 13.0. The van der Waals surface area contributed by atoms with Crippen molar-refractivity contribution in [3.8, 4) is 0 Å². The number of rotatable bonds is 6. The third-order valence-electron chi connectivity index (χ3n) is 3.69. The van der Waals surface area contributed by atoms with Crippen LogP contribution >= 0.6 is 0 Å². The van der Waals surface area contributed by atoms with Crippen molar-refractivity contribution < 1.29 is 22.8 Å². The van der Waals surface area contributed by atoms with E-state index in [9.17, 15) is 22.8 Å². The summed E-state index contributed by atoms with van der Waals surface area (Å²) in [6.07, 6.45) is -3.85. The van der Waals surface area contributed by atoms with Crippen LogP contribution in [0.4, 0.5) is 13.2 Å². The van der Waals surface area contributed by atoms with Crippen molar-refractivity contribution in [2.75, 3.05) is 13.6 Å². The van der Waals surface area contributed by atoms with Gasteiger partial charge in [-0.1, -0.05) is 39.0 Å². The number of nitrogens with one attached hydrogen (secondary N) is 1. The topological polar surface area (TPSA) is 49.4 Å². The zero-order valence-corrected chi connectivity index (χ0v) is 15.0. The summed E-state index contributed by atoms with van der Waals surface area (Å²) >= 11 is 0. The second-order valence-corrected chi connectivity index (χ2v) is 7.01. The first kappa shape index (κ1) is 21.0. The Kier molecular flexibility index (Phi) is 7.02. The van der Waals surface area contributed by atoms with Gasteiger partial charge in [0, 0.05) is 32.0 Å². The van der Waals surface area contributed by atoms with Gasteiger partial charge < -0.3 is 10.2 Å². The van der Waals surface area contributed by atoms with Gasteiger partial charge in [0.15, 0.2) is 0 Å². The zero-order chi connectivity index (χ0) is 19.3. The Morgan fingerprint density at radius 3 is 2.28 bits per heavy atom. The molecular formula is C18H25F3N2O2. The molecule has 0 aromatic heterocycles. The number of hydrogen-bond acceptors (Lipinski definition) is 2. The van der Waals surface area contributed by atoms with Crippen LogP contribution in [0.25, 0.3) is 0 Å². The summed E-state index contributed by atoms with van der Waals surface area (Å²) in [6.45, 7) is 5.62. The lowest BCUT2D eigenvalue weighted by Crippen LogP contribution is -2.36. The normalized spacial score (nSPS) is 12.0. The Bertz CT molecular complexity index is 607. The lowest BCUT2D eigenvalue weighted by Gasteiger charge is -2.21. The van der Waals surface area contributed by atoms with Crippen molar-refractivity contribution in [1.82, 2.24) is 10.2 Å². The third-order valence-corrected chi connectivity index (χ3v) is 3.69. The van der Waals surface area contributed by atoms with Gasteiger partial charge in [-0.05, 0) is 18.1 Å². The molecule has 140 valence electrons. The summed E-state index contributed by atoms with van der Waals surface area (Å²) in [5.74, 6) is -0.366. The average Bonchev–Trinajstić information content (AvgIpc) is 2.49. The lowest BCUT2D eigenvalue weighted by molar-refractivity contribution is -0.139. The molecule has 0 aliphatic carbocycles. The number of benzene rings is 1. The summed E-state index contributed by atoms with van der Waals surface area (Å²) in [6, 6.07) is 5.23. The first-order valence-corrected chi connectivity index (χ1v) is 8.10. The molecule has 0 radical (unpaired) electrons. The van der Waals surface area contributed by atoms with Gasteiger partial charge in [0.1, 0.15) is 0 Å². The second kappa shape index (κ2) is 8.36. The molecule has 0 saturated heterocycles. The van der Waals surface area contributed by atoms with Gasteiger partial charge in [0.05, 0.1) is 5.56 Å². The van der Waals surface area contributed by atoms with Crippen molar-refractivity contribution in [3.63, 3.8) is 0 Å². The van der Waals surface area contributed by atoms with Crippen LogP contribution in [0.2, 0.25) is 0 Å². The smallest absolute Gasteiger partial charge is 0.356 e. The summed E-state index contributed by atoms with van der Waals surface area (Å²) in [5.41, 5.74) is -1.17. The standard InChI is InChI=1S/C18H25F3N2O2/c1-17(2,3)16(25)22-11-7-10-15(24)23(4)12-13-8-5-6-9-14(13)18(19,20)21/h5-6,8-9H,7,10-12H2,1-4H3,(H,22,25). The van der Waals surface area contributed by atoms with Crippen molar-refractivity contribution >= 4 is 11.8 Å². The molecule has 0 saturated carbocycles. The molecule has 25 heavy (non-hydrogen) atoms. The largest absolute Gasteiger partial charge is 0.416 e. The van der Waals surface area contributed by atoms with Crippen molar-refractivity contribution in [2.45, 2.75) is 46.3 Å². The van der Waals surface area contributed by atoms with Gasteiger partial charge in [-0.15, -0.1) is 0 Å². The molecule has 1 N–H and O–H groups in total. The summed E-state index contributed by atoms with van der Waals surface area (Å²) in [4.78, 5) is 25.1. The molecule has 0 unspecified atom stereocenters. The monoisotopic (exact) mass is 358 g/mol. The lowest BCUT2D eigenvalue weighted by atomic mass is 9.96. The van der Waals surface area contributed by atoms with E-state index in [1.54, 1.807) is 20.8 Å². The fraction of sp³-hybridized carbons (Fsp3) is 0.556. The second-order valence-electron chi connectivity index (χ2n) is 7.01. The first-order chi connectivity index (χ1) is 11.4. The number of carbonyl (C=O) groups is 2. The number of amides is 2. The van der Waals surface area contributed by atoms with E-state index in [4.69, 9.17) is 0 Å². The summed E-state index contributed by atoms with van der Waals surface area (Å²) < 4.78 is 38.9. The minimum atomic E-state index is -4.45. The van der Waals surface area contributed by atoms with E-state index in [2.05, 4.69) is 5.32 Å². The van der Waals surface area contributed by atoms with E-state index < -0.39 is 17.2 Å². The number of nitrogens with zero attached hydrogens (tertiary/aromatic N) is 1. The van der Waals surface area contributed by atoms with Crippen LogP contribution in [-0.2, 0) is 22.3 Å². The summed E-state index contributed by atoms with van der Waals surface area (Å²) in [5, 5.41) is 2.74. The highest BCUT2D eigenvalue weighted by Gasteiger charge is 2.33. The molecule has 4 nitrogen and oxygen atoms in total. The number of hydrogen-bond donors (Lipinski definition) is 1. The zero-order valence-electron chi connectivity index (χ0n) is 15.0. The highest BCUT2D eigenvalue weighted by molar-refractivity contribution is 5.81. The molecule has 0 fully saturated rings. The first-order valence-electron chi connectivity index (χ1n) is 8.10. The highest BCUT2D eigenvalue weighted by Crippen LogP contribution is 2.32. The maximum Gasteiger partial charge on any atom is 0.416 e. The number of halogens is 3. The molecule has 0 heterocycles. The van der Waals surface area contributed by atoms with Crippen molar-refractivity contribution in [3.05, 3.63) is 35.4 Å². The average molecular weight is 358 g/mol. The fourth-order valence-electron chi connectivity index (χ4n) is 2.18. The Morgan fingerprint density at radius 1 is 1.12 bits per heavy atom. The predicted octanol–water partition coefficient (Wildman–Crippen LogP) is 3.61. The van der Waals surface area contributed by atoms with E-state index in [1.165, 1.54) is 30.1 Å². The number of alkyl halides is 3. The van der Waals surface area contributed by atoms with Crippen LogP contribution in [0.1, 0.15) is 44.7 Å². The van der Waals surface area contributed by atoms with E-state index in [1.807, 2.05) is 0 Å².